The Hall–Kier alpha value is -4.19. The zero-order valence-corrected chi connectivity index (χ0v) is 23.8. The quantitative estimate of drug-likeness (QED) is 0.153. The number of nitrogens with one attached hydrogen (secondary N) is 1. The van der Waals surface area contributed by atoms with E-state index in [4.69, 9.17) is 4.74 Å². The van der Waals surface area contributed by atoms with E-state index in [9.17, 15) is 26.7 Å². The number of carbonyl (C=O) groups is 1. The molecule has 0 radical (unpaired) electrons. The number of rotatable bonds is 8. The molecule has 2 aromatic carbocycles. The summed E-state index contributed by atoms with van der Waals surface area (Å²) in [6.07, 6.45) is 5.13. The average Bonchev–Trinajstić information content (AvgIpc) is 3.46. The molecule has 1 unspecified atom stereocenters. The topological polar surface area (TPSA) is 79.7 Å². The highest BCUT2D eigenvalue weighted by molar-refractivity contribution is 6.14. The van der Waals surface area contributed by atoms with E-state index in [-0.39, 0.29) is 29.0 Å². The van der Waals surface area contributed by atoms with E-state index < -0.39 is 34.8 Å². The summed E-state index contributed by atoms with van der Waals surface area (Å²) in [5, 5.41) is 2.96. The van der Waals surface area contributed by atoms with E-state index in [1.807, 2.05) is 4.90 Å². The van der Waals surface area contributed by atoms with Crippen molar-refractivity contribution in [2.45, 2.75) is 33.2 Å². The number of amides is 1. The highest BCUT2D eigenvalue weighted by Gasteiger charge is 2.24. The van der Waals surface area contributed by atoms with E-state index in [1.54, 1.807) is 14.0 Å². The molecule has 1 fully saturated rings. The van der Waals surface area contributed by atoms with Crippen molar-refractivity contribution in [2.24, 2.45) is 10.9 Å². The summed E-state index contributed by atoms with van der Waals surface area (Å²) >= 11 is 0. The van der Waals surface area contributed by atoms with Crippen LogP contribution in [0, 0.1) is 41.9 Å². The molecule has 0 bridgehead atoms. The van der Waals surface area contributed by atoms with Gasteiger partial charge < -0.3 is 15.0 Å². The van der Waals surface area contributed by atoms with Gasteiger partial charge in [-0.25, -0.2) is 23.1 Å². The Morgan fingerprint density at radius 2 is 1.83 bits per heavy atom. The minimum atomic E-state index is -1.73. The molecule has 1 aliphatic heterocycles. The van der Waals surface area contributed by atoms with Crippen LogP contribution in [0.25, 0.3) is 0 Å². The fourth-order valence-corrected chi connectivity index (χ4v) is 4.50. The van der Waals surface area contributed by atoms with Crippen LogP contribution in [0.15, 0.2) is 48.2 Å². The van der Waals surface area contributed by atoms with Crippen LogP contribution in [0.3, 0.4) is 0 Å². The molecule has 1 N–H and O–H groups in total. The molecule has 0 saturated carbocycles. The van der Waals surface area contributed by atoms with Gasteiger partial charge in [-0.1, -0.05) is 19.9 Å². The van der Waals surface area contributed by atoms with Gasteiger partial charge in [-0.2, -0.15) is 8.78 Å². The van der Waals surface area contributed by atoms with Crippen molar-refractivity contribution >= 4 is 11.6 Å². The van der Waals surface area contributed by atoms with Gasteiger partial charge in [0.1, 0.15) is 17.9 Å². The molecule has 1 saturated heterocycles. The third-order valence-corrected chi connectivity index (χ3v) is 6.76. The van der Waals surface area contributed by atoms with E-state index in [0.29, 0.717) is 23.5 Å². The first-order chi connectivity index (χ1) is 20.1. The lowest BCUT2D eigenvalue weighted by atomic mass is 9.98. The number of benzene rings is 2. The van der Waals surface area contributed by atoms with Gasteiger partial charge in [0.15, 0.2) is 11.6 Å². The van der Waals surface area contributed by atoms with Gasteiger partial charge in [-0.3, -0.25) is 9.79 Å². The van der Waals surface area contributed by atoms with E-state index in [2.05, 4.69) is 33.8 Å². The number of halogens is 5. The zero-order valence-electron chi connectivity index (χ0n) is 23.8. The lowest BCUT2D eigenvalue weighted by Crippen LogP contribution is -2.26. The first-order valence-electron chi connectivity index (χ1n) is 13.2. The van der Waals surface area contributed by atoms with E-state index >= 15 is 0 Å². The molecule has 0 aliphatic carbocycles. The fraction of sp³-hybridized carbons (Fsp3) is 0.333. The molecule has 1 aliphatic rings. The minimum absolute atomic E-state index is 0.0523. The Labute approximate surface area is 241 Å². The van der Waals surface area contributed by atoms with E-state index in [1.165, 1.54) is 38.0 Å². The summed E-state index contributed by atoms with van der Waals surface area (Å²) in [5.41, 5.74) is 1.99. The molecule has 4 rings (SSSR count). The van der Waals surface area contributed by atoms with Crippen molar-refractivity contribution in [3.63, 3.8) is 0 Å². The first kappa shape index (κ1) is 32.3. The summed E-state index contributed by atoms with van der Waals surface area (Å²) in [7, 11) is 3.19. The second kappa shape index (κ2) is 14.6. The van der Waals surface area contributed by atoms with Crippen LogP contribution >= 0.6 is 0 Å². The Balaban J connectivity index is 0.000000369. The van der Waals surface area contributed by atoms with Crippen molar-refractivity contribution < 1.29 is 31.5 Å². The lowest BCUT2D eigenvalue weighted by Gasteiger charge is -2.15. The summed E-state index contributed by atoms with van der Waals surface area (Å²) in [5.74, 6) is -8.44. The number of hydrogen-bond acceptors (Lipinski definition) is 6. The predicted octanol–water partition coefficient (Wildman–Crippen LogP) is 5.89. The molecule has 2 heterocycles. The number of carbonyl (C=O) groups excluding carboxylic acids is 1. The number of aryl methyl sites for hydroxylation is 1. The molecule has 1 atom stereocenters. The predicted molar refractivity (Wildman–Crippen MR) is 149 cm³/mol. The minimum Gasteiger partial charge on any atom is -0.451 e. The van der Waals surface area contributed by atoms with Crippen molar-refractivity contribution in [1.29, 1.82) is 0 Å². The summed E-state index contributed by atoms with van der Waals surface area (Å²) in [6.45, 7) is 9.59. The fourth-order valence-electron chi connectivity index (χ4n) is 4.50. The van der Waals surface area contributed by atoms with Crippen LogP contribution in [0.2, 0.25) is 0 Å². The molecule has 42 heavy (non-hydrogen) atoms. The second-order valence-corrected chi connectivity index (χ2v) is 9.48. The Morgan fingerprint density at radius 3 is 2.38 bits per heavy atom. The van der Waals surface area contributed by atoms with Crippen LogP contribution in [0.4, 0.5) is 22.0 Å². The Morgan fingerprint density at radius 1 is 1.14 bits per heavy atom. The SMILES string of the molecule is C=CC(=O)N1CCC(CC)C1.CN=C(c1ccc(Oc2c(F)c(F)cc(F)c2F)cc1F)c1c(C)ncnc1CNC. The van der Waals surface area contributed by atoms with Crippen LogP contribution in [0.1, 0.15) is 42.3 Å². The highest BCUT2D eigenvalue weighted by Crippen LogP contribution is 2.32. The maximum absolute atomic E-state index is 14.9. The second-order valence-electron chi connectivity index (χ2n) is 9.48. The van der Waals surface area contributed by atoms with Crippen molar-refractivity contribution in [3.8, 4) is 11.5 Å². The first-order valence-corrected chi connectivity index (χ1v) is 13.2. The normalized spacial score (nSPS) is 14.8. The van der Waals surface area contributed by atoms with Crippen LogP contribution < -0.4 is 10.1 Å². The Kier molecular flexibility index (Phi) is 11.3. The number of aromatic nitrogens is 2. The van der Waals surface area contributed by atoms with Gasteiger partial charge >= 0.3 is 0 Å². The third-order valence-electron chi connectivity index (χ3n) is 6.76. The van der Waals surface area contributed by atoms with Gasteiger partial charge in [0.25, 0.3) is 0 Å². The summed E-state index contributed by atoms with van der Waals surface area (Å²) in [6, 6.07) is 3.35. The molecule has 3 aromatic rings. The Bertz CT molecular complexity index is 1450. The molecule has 1 aromatic heterocycles. The summed E-state index contributed by atoms with van der Waals surface area (Å²) in [4.78, 5) is 25.5. The smallest absolute Gasteiger partial charge is 0.245 e. The molecule has 0 spiro atoms. The molecular formula is C30H32F5N5O2. The van der Waals surface area contributed by atoms with Gasteiger partial charge in [-0.15, -0.1) is 0 Å². The van der Waals surface area contributed by atoms with Gasteiger partial charge in [0, 0.05) is 49.9 Å². The molecular weight excluding hydrogens is 557 g/mol. The number of ether oxygens (including phenoxy) is 1. The highest BCUT2D eigenvalue weighted by atomic mass is 19.2. The molecule has 7 nitrogen and oxygen atoms in total. The van der Waals surface area contributed by atoms with Gasteiger partial charge in [0.05, 0.1) is 17.1 Å². The molecule has 12 heteroatoms. The van der Waals surface area contributed by atoms with Crippen molar-refractivity contribution in [1.82, 2.24) is 20.2 Å². The maximum Gasteiger partial charge on any atom is 0.245 e. The van der Waals surface area contributed by atoms with Crippen molar-refractivity contribution in [2.75, 3.05) is 27.2 Å². The number of nitrogens with zero attached hydrogens (tertiary/aromatic N) is 4. The average molecular weight is 590 g/mol. The number of aliphatic imine (C=N–C) groups is 1. The standard InChI is InChI=1S/C21H17F5N4O.C9H15NO/c1-10-17(16(8-27-2)30-9-29-10)20(28-3)12-5-4-11(6-13(12)22)31-21-18(25)14(23)7-15(24)19(21)26;1-3-8-5-6-10(7-8)9(11)4-2/h4-7,9,27H,8H2,1-3H3;4,8H,2-3,5-7H2,1H3. The van der Waals surface area contributed by atoms with Gasteiger partial charge in [0.2, 0.25) is 23.3 Å². The molecule has 1 amide bonds. The lowest BCUT2D eigenvalue weighted by molar-refractivity contribution is -0.125. The number of likely N-dealkylation sites (tertiary alicyclic amines) is 1. The molecule has 224 valence electrons. The zero-order chi connectivity index (χ0) is 31.0. The third kappa shape index (κ3) is 7.35. The summed E-state index contributed by atoms with van der Waals surface area (Å²) < 4.78 is 74.2. The van der Waals surface area contributed by atoms with E-state index in [0.717, 1.165) is 31.5 Å². The van der Waals surface area contributed by atoms with Crippen LogP contribution in [-0.2, 0) is 11.3 Å². The number of hydrogen-bond donors (Lipinski definition) is 1. The van der Waals surface area contributed by atoms with Crippen LogP contribution in [-0.4, -0.2) is 53.7 Å². The van der Waals surface area contributed by atoms with Gasteiger partial charge in [-0.05, 0) is 44.5 Å². The van der Waals surface area contributed by atoms with Crippen molar-refractivity contribution in [3.05, 3.63) is 94.8 Å². The monoisotopic (exact) mass is 589 g/mol. The van der Waals surface area contributed by atoms with Crippen LogP contribution in [0.5, 0.6) is 11.5 Å². The largest absolute Gasteiger partial charge is 0.451 e. The maximum atomic E-state index is 14.9.